The summed E-state index contributed by atoms with van der Waals surface area (Å²) in [5.74, 6) is 1.65. The van der Waals surface area contributed by atoms with Gasteiger partial charge in [0, 0.05) is 30.9 Å². The molecular formula is C16H21N5O2. The molecule has 0 saturated carbocycles. The molecule has 0 aliphatic carbocycles. The van der Waals surface area contributed by atoms with E-state index in [9.17, 15) is 4.79 Å². The SMILES string of the molecule is Cc1noc(C)c1CC(=O)N1CCC(Nc2cccnn2)CC1. The number of carbonyl (C=O) groups excluding carboxylic acids is 1. The number of anilines is 1. The number of hydrogen-bond acceptors (Lipinski definition) is 6. The van der Waals surface area contributed by atoms with Crippen LogP contribution < -0.4 is 5.32 Å². The number of carbonyl (C=O) groups is 1. The van der Waals surface area contributed by atoms with Crippen LogP contribution in [-0.4, -0.2) is 45.3 Å². The standard InChI is InChI=1S/C16H21N5O2/c1-11-14(12(2)23-20-11)10-16(22)21-8-5-13(6-9-21)18-15-4-3-7-17-19-15/h3-4,7,13H,5-6,8-10H2,1-2H3,(H,18,19). The molecule has 3 heterocycles. The Bertz CT molecular complexity index is 643. The van der Waals surface area contributed by atoms with Gasteiger partial charge >= 0.3 is 0 Å². The maximum Gasteiger partial charge on any atom is 0.227 e. The number of aryl methyl sites for hydroxylation is 2. The highest BCUT2D eigenvalue weighted by Gasteiger charge is 2.24. The van der Waals surface area contributed by atoms with Gasteiger partial charge in [-0.05, 0) is 38.8 Å². The van der Waals surface area contributed by atoms with E-state index < -0.39 is 0 Å². The van der Waals surface area contributed by atoms with Crippen molar-refractivity contribution in [2.45, 2.75) is 39.2 Å². The Balaban J connectivity index is 1.51. The minimum atomic E-state index is 0.136. The number of nitrogens with zero attached hydrogens (tertiary/aromatic N) is 4. The minimum absolute atomic E-state index is 0.136. The molecule has 7 heteroatoms. The van der Waals surface area contributed by atoms with Gasteiger partial charge in [0.1, 0.15) is 11.6 Å². The monoisotopic (exact) mass is 315 g/mol. The first-order valence-corrected chi connectivity index (χ1v) is 7.87. The van der Waals surface area contributed by atoms with Crippen LogP contribution in [0, 0.1) is 13.8 Å². The fourth-order valence-corrected chi connectivity index (χ4v) is 2.88. The largest absolute Gasteiger partial charge is 0.366 e. The molecule has 1 N–H and O–H groups in total. The molecule has 0 atom stereocenters. The van der Waals surface area contributed by atoms with E-state index in [0.29, 0.717) is 12.5 Å². The molecule has 0 bridgehead atoms. The van der Waals surface area contributed by atoms with Crippen LogP contribution >= 0.6 is 0 Å². The summed E-state index contributed by atoms with van der Waals surface area (Å²) in [6.45, 7) is 5.22. The third kappa shape index (κ3) is 3.67. The minimum Gasteiger partial charge on any atom is -0.366 e. The molecule has 1 saturated heterocycles. The van der Waals surface area contributed by atoms with Crippen LogP contribution in [0.3, 0.4) is 0 Å². The van der Waals surface area contributed by atoms with Gasteiger partial charge in [0.15, 0.2) is 0 Å². The lowest BCUT2D eigenvalue weighted by Crippen LogP contribution is -2.43. The number of nitrogens with one attached hydrogen (secondary N) is 1. The van der Waals surface area contributed by atoms with Crippen molar-refractivity contribution >= 4 is 11.7 Å². The molecule has 0 radical (unpaired) electrons. The molecule has 23 heavy (non-hydrogen) atoms. The molecule has 7 nitrogen and oxygen atoms in total. The summed E-state index contributed by atoms with van der Waals surface area (Å²) >= 11 is 0. The topological polar surface area (TPSA) is 84.2 Å². The zero-order chi connectivity index (χ0) is 16.2. The Morgan fingerprint density at radius 1 is 1.39 bits per heavy atom. The molecule has 0 unspecified atom stereocenters. The molecule has 3 rings (SSSR count). The second kappa shape index (κ2) is 6.76. The predicted octanol–water partition coefficient (Wildman–Crippen LogP) is 1.73. The van der Waals surface area contributed by atoms with E-state index in [-0.39, 0.29) is 5.91 Å². The van der Waals surface area contributed by atoms with Crippen LogP contribution in [0.15, 0.2) is 22.9 Å². The van der Waals surface area contributed by atoms with Gasteiger partial charge in [0.05, 0.1) is 12.1 Å². The molecule has 1 amide bonds. The summed E-state index contributed by atoms with van der Waals surface area (Å²) in [6.07, 6.45) is 3.83. The van der Waals surface area contributed by atoms with Gasteiger partial charge in [-0.25, -0.2) is 0 Å². The van der Waals surface area contributed by atoms with Crippen molar-refractivity contribution in [3.05, 3.63) is 35.3 Å². The number of amides is 1. The Morgan fingerprint density at radius 3 is 2.78 bits per heavy atom. The molecule has 2 aromatic heterocycles. The normalized spacial score (nSPS) is 15.7. The molecule has 2 aromatic rings. The Kier molecular flexibility index (Phi) is 4.55. The number of hydrogen-bond donors (Lipinski definition) is 1. The maximum atomic E-state index is 12.4. The molecule has 1 fully saturated rings. The summed E-state index contributed by atoms with van der Waals surface area (Å²) in [5, 5.41) is 15.2. The van der Waals surface area contributed by atoms with Gasteiger partial charge in [-0.15, -0.1) is 5.10 Å². The summed E-state index contributed by atoms with van der Waals surface area (Å²) in [7, 11) is 0. The molecule has 1 aliphatic rings. The second-order valence-corrected chi connectivity index (χ2v) is 5.89. The Labute approximate surface area is 135 Å². The number of piperidine rings is 1. The first-order valence-electron chi connectivity index (χ1n) is 7.87. The van der Waals surface area contributed by atoms with E-state index in [1.165, 1.54) is 0 Å². The summed E-state index contributed by atoms with van der Waals surface area (Å²) < 4.78 is 5.12. The highest BCUT2D eigenvalue weighted by Crippen LogP contribution is 2.18. The van der Waals surface area contributed by atoms with Crippen LogP contribution in [0.4, 0.5) is 5.82 Å². The highest BCUT2D eigenvalue weighted by atomic mass is 16.5. The van der Waals surface area contributed by atoms with Gasteiger partial charge < -0.3 is 14.7 Å². The Hall–Kier alpha value is -2.44. The van der Waals surface area contributed by atoms with Gasteiger partial charge in [-0.3, -0.25) is 4.79 Å². The van der Waals surface area contributed by atoms with Crippen LogP contribution in [0.1, 0.15) is 29.9 Å². The smallest absolute Gasteiger partial charge is 0.227 e. The molecular weight excluding hydrogens is 294 g/mol. The van der Waals surface area contributed by atoms with E-state index in [2.05, 4.69) is 20.7 Å². The average molecular weight is 315 g/mol. The number of likely N-dealkylation sites (tertiary alicyclic amines) is 1. The quantitative estimate of drug-likeness (QED) is 0.925. The Morgan fingerprint density at radius 2 is 2.17 bits per heavy atom. The lowest BCUT2D eigenvalue weighted by molar-refractivity contribution is -0.131. The molecule has 1 aliphatic heterocycles. The fourth-order valence-electron chi connectivity index (χ4n) is 2.88. The predicted molar refractivity (Wildman–Crippen MR) is 84.9 cm³/mol. The van der Waals surface area contributed by atoms with Crippen LogP contribution in [-0.2, 0) is 11.2 Å². The van der Waals surface area contributed by atoms with Crippen molar-refractivity contribution in [2.24, 2.45) is 0 Å². The van der Waals surface area contributed by atoms with Gasteiger partial charge in [0.2, 0.25) is 5.91 Å². The fraction of sp³-hybridized carbons (Fsp3) is 0.500. The lowest BCUT2D eigenvalue weighted by atomic mass is 10.0. The lowest BCUT2D eigenvalue weighted by Gasteiger charge is -2.32. The second-order valence-electron chi connectivity index (χ2n) is 5.89. The van der Waals surface area contributed by atoms with Crippen LogP contribution in [0.25, 0.3) is 0 Å². The van der Waals surface area contributed by atoms with Crippen molar-refractivity contribution in [1.82, 2.24) is 20.3 Å². The third-order valence-electron chi connectivity index (χ3n) is 4.28. The van der Waals surface area contributed by atoms with Crippen molar-refractivity contribution in [3.8, 4) is 0 Å². The van der Waals surface area contributed by atoms with E-state index in [1.807, 2.05) is 30.9 Å². The number of aromatic nitrogens is 3. The summed E-state index contributed by atoms with van der Waals surface area (Å²) in [5.41, 5.74) is 1.71. The maximum absolute atomic E-state index is 12.4. The van der Waals surface area contributed by atoms with Crippen molar-refractivity contribution in [3.63, 3.8) is 0 Å². The summed E-state index contributed by atoms with van der Waals surface area (Å²) in [6, 6.07) is 4.09. The van der Waals surface area contributed by atoms with E-state index in [4.69, 9.17) is 4.52 Å². The van der Waals surface area contributed by atoms with E-state index in [0.717, 1.165) is 48.8 Å². The van der Waals surface area contributed by atoms with Crippen molar-refractivity contribution in [2.75, 3.05) is 18.4 Å². The molecule has 0 spiro atoms. The zero-order valence-corrected chi connectivity index (χ0v) is 13.5. The van der Waals surface area contributed by atoms with Crippen LogP contribution in [0.5, 0.6) is 0 Å². The third-order valence-corrected chi connectivity index (χ3v) is 4.28. The molecule has 0 aromatic carbocycles. The van der Waals surface area contributed by atoms with Gasteiger partial charge in [-0.2, -0.15) is 5.10 Å². The van der Waals surface area contributed by atoms with Crippen molar-refractivity contribution < 1.29 is 9.32 Å². The van der Waals surface area contributed by atoms with E-state index in [1.54, 1.807) is 6.20 Å². The van der Waals surface area contributed by atoms with Crippen molar-refractivity contribution in [1.29, 1.82) is 0 Å². The van der Waals surface area contributed by atoms with Gasteiger partial charge in [0.25, 0.3) is 0 Å². The molecule has 122 valence electrons. The van der Waals surface area contributed by atoms with E-state index >= 15 is 0 Å². The first-order chi connectivity index (χ1) is 11.1. The first kappa shape index (κ1) is 15.5. The summed E-state index contributed by atoms with van der Waals surface area (Å²) in [4.78, 5) is 14.4. The zero-order valence-electron chi connectivity index (χ0n) is 13.5. The number of rotatable bonds is 4. The van der Waals surface area contributed by atoms with Gasteiger partial charge in [-0.1, -0.05) is 5.16 Å². The average Bonchev–Trinajstić information content (AvgIpc) is 2.88. The van der Waals surface area contributed by atoms with Crippen LogP contribution in [0.2, 0.25) is 0 Å². The highest BCUT2D eigenvalue weighted by molar-refractivity contribution is 5.79.